The number of carbonyl (C=O) groups excluding carboxylic acids is 1. The smallest absolute Gasteiger partial charge is 0.258 e. The van der Waals surface area contributed by atoms with Crippen LogP contribution in [0.3, 0.4) is 0 Å². The lowest BCUT2D eigenvalue weighted by Gasteiger charge is -2.14. The Bertz CT molecular complexity index is 963. The zero-order chi connectivity index (χ0) is 21.4. The minimum atomic E-state index is -3.83. The number of amides is 1. The predicted molar refractivity (Wildman–Crippen MR) is 109 cm³/mol. The summed E-state index contributed by atoms with van der Waals surface area (Å²) in [6.45, 7) is 4.27. The molecule has 0 aliphatic heterocycles. The molecule has 0 heterocycles. The topological polar surface area (TPSA) is 93.7 Å². The van der Waals surface area contributed by atoms with Crippen molar-refractivity contribution < 1.29 is 27.1 Å². The van der Waals surface area contributed by atoms with Crippen LogP contribution in [0.4, 0.5) is 10.1 Å². The third kappa shape index (κ3) is 5.91. The number of hydrogen-bond acceptors (Lipinski definition) is 5. The zero-order valence-corrected chi connectivity index (χ0v) is 17.4. The van der Waals surface area contributed by atoms with E-state index in [4.69, 9.17) is 9.47 Å². The third-order valence-corrected chi connectivity index (χ3v) is 5.56. The average Bonchev–Trinajstić information content (AvgIpc) is 2.69. The van der Waals surface area contributed by atoms with Gasteiger partial charge < -0.3 is 14.8 Å². The number of sulfonamides is 1. The van der Waals surface area contributed by atoms with Crippen molar-refractivity contribution in [3.8, 4) is 11.5 Å². The maximum Gasteiger partial charge on any atom is 0.258 e. The van der Waals surface area contributed by atoms with Gasteiger partial charge in [0.1, 0.15) is 17.3 Å². The molecule has 0 aliphatic rings. The highest BCUT2D eigenvalue weighted by molar-refractivity contribution is 7.89. The number of anilines is 1. The molecule has 2 aromatic carbocycles. The van der Waals surface area contributed by atoms with E-state index in [9.17, 15) is 17.6 Å². The SMILES string of the molecule is CCCCOc1ccc(OC)cc1NC(=O)c1cc(S(=O)(=O)NCC)ccc1F. The molecule has 2 rings (SSSR count). The Morgan fingerprint density at radius 2 is 1.90 bits per heavy atom. The van der Waals surface area contributed by atoms with Crippen LogP contribution in [-0.4, -0.2) is 34.6 Å². The summed E-state index contributed by atoms with van der Waals surface area (Å²) < 4.78 is 51.7. The zero-order valence-electron chi connectivity index (χ0n) is 16.6. The van der Waals surface area contributed by atoms with E-state index in [0.717, 1.165) is 31.0 Å². The number of benzene rings is 2. The van der Waals surface area contributed by atoms with Gasteiger partial charge in [-0.05, 0) is 36.8 Å². The van der Waals surface area contributed by atoms with E-state index in [1.807, 2.05) is 6.92 Å². The van der Waals surface area contributed by atoms with Gasteiger partial charge >= 0.3 is 0 Å². The summed E-state index contributed by atoms with van der Waals surface area (Å²) in [6.07, 6.45) is 1.77. The second-order valence-electron chi connectivity index (χ2n) is 6.16. The van der Waals surface area contributed by atoms with Crippen LogP contribution in [0.2, 0.25) is 0 Å². The molecule has 0 spiro atoms. The molecule has 0 aromatic heterocycles. The van der Waals surface area contributed by atoms with Crippen molar-refractivity contribution in [1.82, 2.24) is 4.72 Å². The summed E-state index contributed by atoms with van der Waals surface area (Å²) in [5.41, 5.74) is -0.101. The van der Waals surface area contributed by atoms with Crippen LogP contribution >= 0.6 is 0 Å². The van der Waals surface area contributed by atoms with Crippen LogP contribution in [0.25, 0.3) is 0 Å². The molecule has 9 heteroatoms. The monoisotopic (exact) mass is 424 g/mol. The minimum Gasteiger partial charge on any atom is -0.497 e. The molecule has 7 nitrogen and oxygen atoms in total. The number of ether oxygens (including phenoxy) is 2. The summed E-state index contributed by atoms with van der Waals surface area (Å²) in [6, 6.07) is 7.93. The Hall–Kier alpha value is -2.65. The number of halogens is 1. The van der Waals surface area contributed by atoms with Gasteiger partial charge in [0.25, 0.3) is 5.91 Å². The Kier molecular flexibility index (Phi) is 7.98. The van der Waals surface area contributed by atoms with E-state index in [0.29, 0.717) is 23.8 Å². The lowest BCUT2D eigenvalue weighted by molar-refractivity contribution is 0.102. The summed E-state index contributed by atoms with van der Waals surface area (Å²) >= 11 is 0. The highest BCUT2D eigenvalue weighted by Gasteiger charge is 2.20. The molecule has 29 heavy (non-hydrogen) atoms. The van der Waals surface area contributed by atoms with E-state index >= 15 is 0 Å². The summed E-state index contributed by atoms with van der Waals surface area (Å²) in [7, 11) is -2.35. The maximum atomic E-state index is 14.3. The Morgan fingerprint density at radius 3 is 2.55 bits per heavy atom. The van der Waals surface area contributed by atoms with E-state index in [1.165, 1.54) is 7.11 Å². The largest absolute Gasteiger partial charge is 0.497 e. The van der Waals surface area contributed by atoms with E-state index in [1.54, 1.807) is 25.1 Å². The van der Waals surface area contributed by atoms with Crippen molar-refractivity contribution in [2.24, 2.45) is 0 Å². The fraction of sp³-hybridized carbons (Fsp3) is 0.350. The van der Waals surface area contributed by atoms with E-state index in [2.05, 4.69) is 10.0 Å². The summed E-state index contributed by atoms with van der Waals surface area (Å²) in [4.78, 5) is 12.5. The van der Waals surface area contributed by atoms with Crippen molar-refractivity contribution >= 4 is 21.6 Å². The molecule has 0 radical (unpaired) electrons. The molecule has 0 atom stereocenters. The molecule has 2 aromatic rings. The van der Waals surface area contributed by atoms with Crippen LogP contribution in [0, 0.1) is 5.82 Å². The van der Waals surface area contributed by atoms with Crippen molar-refractivity contribution in [2.75, 3.05) is 25.6 Å². The lowest BCUT2D eigenvalue weighted by atomic mass is 10.2. The lowest BCUT2D eigenvalue weighted by Crippen LogP contribution is -2.24. The first-order valence-electron chi connectivity index (χ1n) is 9.23. The quantitative estimate of drug-likeness (QED) is 0.569. The highest BCUT2D eigenvalue weighted by Crippen LogP contribution is 2.30. The number of carbonyl (C=O) groups is 1. The predicted octanol–water partition coefficient (Wildman–Crippen LogP) is 3.56. The Labute approximate surface area is 170 Å². The molecule has 0 unspecified atom stereocenters. The van der Waals surface area contributed by atoms with Crippen LogP contribution in [-0.2, 0) is 10.0 Å². The van der Waals surface area contributed by atoms with Crippen molar-refractivity contribution in [2.45, 2.75) is 31.6 Å². The third-order valence-electron chi connectivity index (χ3n) is 4.02. The van der Waals surface area contributed by atoms with E-state index in [-0.39, 0.29) is 11.4 Å². The molecule has 0 aliphatic carbocycles. The summed E-state index contributed by atoms with van der Waals surface area (Å²) in [5.74, 6) is -0.754. The van der Waals surface area contributed by atoms with Crippen LogP contribution in [0.15, 0.2) is 41.3 Å². The van der Waals surface area contributed by atoms with Crippen LogP contribution in [0.5, 0.6) is 11.5 Å². The van der Waals surface area contributed by atoms with E-state index < -0.39 is 27.3 Å². The number of nitrogens with one attached hydrogen (secondary N) is 2. The summed E-state index contributed by atoms with van der Waals surface area (Å²) in [5, 5.41) is 2.58. The molecule has 0 bridgehead atoms. The molecule has 0 fully saturated rings. The van der Waals surface area contributed by atoms with Crippen molar-refractivity contribution in [3.05, 3.63) is 47.8 Å². The van der Waals surface area contributed by atoms with Gasteiger partial charge in [0, 0.05) is 12.6 Å². The Balaban J connectivity index is 2.34. The van der Waals surface area contributed by atoms with Gasteiger partial charge in [-0.2, -0.15) is 0 Å². The number of methoxy groups -OCH3 is 1. The Morgan fingerprint density at radius 1 is 1.14 bits per heavy atom. The average molecular weight is 424 g/mol. The molecule has 0 saturated carbocycles. The molecule has 1 amide bonds. The van der Waals surface area contributed by atoms with Gasteiger partial charge in [-0.25, -0.2) is 17.5 Å². The minimum absolute atomic E-state index is 0.170. The normalized spacial score (nSPS) is 11.2. The number of hydrogen-bond donors (Lipinski definition) is 2. The molecule has 0 saturated heterocycles. The standard InChI is InChI=1S/C20H25FN2O5S/c1-4-6-11-28-19-10-7-14(27-3)12-18(19)23-20(24)16-13-15(8-9-17(16)21)29(25,26)22-5-2/h7-10,12-13,22H,4-6,11H2,1-3H3,(H,23,24). The number of unbranched alkanes of at least 4 members (excludes halogenated alkanes) is 1. The molecular weight excluding hydrogens is 399 g/mol. The second-order valence-corrected chi connectivity index (χ2v) is 7.93. The van der Waals surface area contributed by atoms with Crippen molar-refractivity contribution in [3.63, 3.8) is 0 Å². The number of rotatable bonds is 10. The van der Waals surface area contributed by atoms with Crippen LogP contribution in [0.1, 0.15) is 37.0 Å². The van der Waals surface area contributed by atoms with Gasteiger partial charge in [-0.3, -0.25) is 4.79 Å². The fourth-order valence-electron chi connectivity index (χ4n) is 2.49. The first-order valence-corrected chi connectivity index (χ1v) is 10.7. The van der Waals surface area contributed by atoms with Gasteiger partial charge in [-0.15, -0.1) is 0 Å². The van der Waals surface area contributed by atoms with Gasteiger partial charge in [0.2, 0.25) is 10.0 Å². The van der Waals surface area contributed by atoms with Gasteiger partial charge in [0.05, 0.1) is 29.9 Å². The highest BCUT2D eigenvalue weighted by atomic mass is 32.2. The first kappa shape index (κ1) is 22.6. The van der Waals surface area contributed by atoms with Crippen LogP contribution < -0.4 is 19.5 Å². The van der Waals surface area contributed by atoms with Gasteiger partial charge in [0.15, 0.2) is 0 Å². The molecule has 2 N–H and O–H groups in total. The van der Waals surface area contributed by atoms with Gasteiger partial charge in [-0.1, -0.05) is 20.3 Å². The maximum absolute atomic E-state index is 14.3. The van der Waals surface area contributed by atoms with Crippen molar-refractivity contribution in [1.29, 1.82) is 0 Å². The molecule has 158 valence electrons. The second kappa shape index (κ2) is 10.2. The molecular formula is C20H25FN2O5S. The first-order chi connectivity index (χ1) is 13.8. The fourth-order valence-corrected chi connectivity index (χ4v) is 3.56.